The number of aromatic nitrogens is 1. The van der Waals surface area contributed by atoms with Crippen LogP contribution in [0.5, 0.6) is 0 Å². The lowest BCUT2D eigenvalue weighted by Crippen LogP contribution is -2.48. The van der Waals surface area contributed by atoms with E-state index in [9.17, 15) is 4.79 Å². The van der Waals surface area contributed by atoms with E-state index in [-0.39, 0.29) is 11.9 Å². The number of rotatable bonds is 8. The summed E-state index contributed by atoms with van der Waals surface area (Å²) in [5.41, 5.74) is 1.43. The van der Waals surface area contributed by atoms with Crippen molar-refractivity contribution in [3.8, 4) is 0 Å². The van der Waals surface area contributed by atoms with Gasteiger partial charge in [-0.15, -0.1) is 0 Å². The van der Waals surface area contributed by atoms with E-state index >= 15 is 0 Å². The molecule has 0 atom stereocenters. The van der Waals surface area contributed by atoms with Gasteiger partial charge in [0.15, 0.2) is 0 Å². The zero-order valence-electron chi connectivity index (χ0n) is 16.4. The number of hydrogen-bond donors (Lipinski definition) is 0. The van der Waals surface area contributed by atoms with Crippen molar-refractivity contribution in [2.45, 2.75) is 51.5 Å². The van der Waals surface area contributed by atoms with Gasteiger partial charge in [-0.2, -0.15) is 0 Å². The second-order valence-corrected chi connectivity index (χ2v) is 7.32. The van der Waals surface area contributed by atoms with Crippen LogP contribution in [-0.4, -0.2) is 41.5 Å². The topological polar surface area (TPSA) is 36.4 Å². The van der Waals surface area contributed by atoms with E-state index in [2.05, 4.69) is 40.2 Å². The third-order valence-electron chi connectivity index (χ3n) is 5.42. The van der Waals surface area contributed by atoms with Gasteiger partial charge in [-0.3, -0.25) is 9.69 Å². The molecule has 1 aliphatic rings. The lowest BCUT2D eigenvalue weighted by atomic mass is 10.0. The number of benzene rings is 1. The van der Waals surface area contributed by atoms with Crippen molar-refractivity contribution >= 4 is 11.7 Å². The largest absolute Gasteiger partial charge is 0.303 e. The smallest absolute Gasteiger partial charge is 0.228 e. The van der Waals surface area contributed by atoms with Crippen LogP contribution in [0.15, 0.2) is 54.7 Å². The summed E-state index contributed by atoms with van der Waals surface area (Å²) in [6.07, 6.45) is 7.98. The number of likely N-dealkylation sites (tertiary alicyclic amines) is 1. The van der Waals surface area contributed by atoms with Crippen LogP contribution in [0.4, 0.5) is 5.82 Å². The molecular formula is C23H31N3O. The molecule has 144 valence electrons. The summed E-state index contributed by atoms with van der Waals surface area (Å²) >= 11 is 0. The Kier molecular flexibility index (Phi) is 7.40. The van der Waals surface area contributed by atoms with E-state index in [1.807, 2.05) is 30.0 Å². The number of aryl methyl sites for hydroxylation is 1. The lowest BCUT2D eigenvalue weighted by molar-refractivity contribution is -0.119. The van der Waals surface area contributed by atoms with Crippen LogP contribution in [0.3, 0.4) is 0 Å². The molecule has 1 amide bonds. The highest BCUT2D eigenvalue weighted by Crippen LogP contribution is 2.23. The number of hydrogen-bond acceptors (Lipinski definition) is 3. The average molecular weight is 366 g/mol. The molecule has 2 aromatic rings. The SMILES string of the molecule is CCC(=O)N(c1ccccn1)C1CCN(CCCCc2ccccc2)CC1. The Morgan fingerprint density at radius 3 is 2.48 bits per heavy atom. The number of nitrogens with zero attached hydrogens (tertiary/aromatic N) is 3. The van der Waals surface area contributed by atoms with Crippen molar-refractivity contribution in [3.05, 3.63) is 60.3 Å². The minimum atomic E-state index is 0.176. The first-order valence-electron chi connectivity index (χ1n) is 10.3. The molecular weight excluding hydrogens is 334 g/mol. The van der Waals surface area contributed by atoms with Crippen molar-refractivity contribution < 1.29 is 4.79 Å². The predicted molar refractivity (Wildman–Crippen MR) is 111 cm³/mol. The predicted octanol–water partition coefficient (Wildman–Crippen LogP) is 4.31. The van der Waals surface area contributed by atoms with Gasteiger partial charge in [0.2, 0.25) is 5.91 Å². The fourth-order valence-electron chi connectivity index (χ4n) is 3.90. The maximum absolute atomic E-state index is 12.5. The van der Waals surface area contributed by atoms with Crippen LogP contribution in [0.1, 0.15) is 44.6 Å². The first-order valence-corrected chi connectivity index (χ1v) is 10.3. The Morgan fingerprint density at radius 1 is 1.07 bits per heavy atom. The molecule has 3 rings (SSSR count). The minimum absolute atomic E-state index is 0.176. The Morgan fingerprint density at radius 2 is 1.81 bits per heavy atom. The number of unbranched alkanes of at least 4 members (excludes halogenated alkanes) is 1. The zero-order valence-corrected chi connectivity index (χ0v) is 16.4. The van der Waals surface area contributed by atoms with Gasteiger partial charge in [-0.05, 0) is 56.3 Å². The van der Waals surface area contributed by atoms with Gasteiger partial charge in [0, 0.05) is 31.7 Å². The van der Waals surface area contributed by atoms with Crippen LogP contribution in [-0.2, 0) is 11.2 Å². The maximum atomic E-state index is 12.5. The summed E-state index contributed by atoms with van der Waals surface area (Å²) < 4.78 is 0. The third-order valence-corrected chi connectivity index (χ3v) is 5.42. The van der Waals surface area contributed by atoms with Gasteiger partial charge in [0.05, 0.1) is 0 Å². The normalized spacial score (nSPS) is 15.6. The third kappa shape index (κ3) is 5.64. The average Bonchev–Trinajstić information content (AvgIpc) is 2.74. The van der Waals surface area contributed by atoms with Crippen LogP contribution in [0.25, 0.3) is 0 Å². The number of anilines is 1. The Labute approximate surface area is 163 Å². The highest BCUT2D eigenvalue weighted by Gasteiger charge is 2.28. The summed E-state index contributed by atoms with van der Waals surface area (Å²) in [6.45, 7) is 5.22. The second-order valence-electron chi connectivity index (χ2n) is 7.32. The second kappa shape index (κ2) is 10.2. The quantitative estimate of drug-likeness (QED) is 0.654. The van der Waals surface area contributed by atoms with Crippen molar-refractivity contribution in [1.82, 2.24) is 9.88 Å². The zero-order chi connectivity index (χ0) is 18.9. The molecule has 0 spiro atoms. The summed E-state index contributed by atoms with van der Waals surface area (Å²) in [6, 6.07) is 16.8. The summed E-state index contributed by atoms with van der Waals surface area (Å²) in [7, 11) is 0. The van der Waals surface area contributed by atoms with Gasteiger partial charge in [-0.1, -0.05) is 43.3 Å². The Hall–Kier alpha value is -2.20. The van der Waals surface area contributed by atoms with E-state index < -0.39 is 0 Å². The summed E-state index contributed by atoms with van der Waals surface area (Å²) in [5.74, 6) is 0.973. The van der Waals surface area contributed by atoms with E-state index in [1.54, 1.807) is 6.20 Å². The molecule has 1 aliphatic heterocycles. The molecule has 27 heavy (non-hydrogen) atoms. The molecule has 0 aliphatic carbocycles. The Balaban J connectivity index is 1.45. The van der Waals surface area contributed by atoms with Crippen molar-refractivity contribution in [1.29, 1.82) is 0 Å². The standard InChI is InChI=1S/C23H31N3O/c1-2-23(27)26(22-13-6-8-16-24-22)21-14-18-25(19-15-21)17-9-7-12-20-10-4-3-5-11-20/h3-6,8,10-11,13,16,21H,2,7,9,12,14-15,17-19H2,1H3. The minimum Gasteiger partial charge on any atom is -0.303 e. The number of piperidine rings is 1. The van der Waals surface area contributed by atoms with Crippen molar-refractivity contribution in [2.75, 3.05) is 24.5 Å². The van der Waals surface area contributed by atoms with Gasteiger partial charge in [0.1, 0.15) is 5.82 Å². The van der Waals surface area contributed by atoms with Crippen LogP contribution in [0.2, 0.25) is 0 Å². The molecule has 0 N–H and O–H groups in total. The molecule has 0 bridgehead atoms. The van der Waals surface area contributed by atoms with Crippen LogP contribution < -0.4 is 4.90 Å². The van der Waals surface area contributed by atoms with Gasteiger partial charge >= 0.3 is 0 Å². The molecule has 4 nitrogen and oxygen atoms in total. The van der Waals surface area contributed by atoms with Crippen molar-refractivity contribution in [2.24, 2.45) is 0 Å². The van der Waals surface area contributed by atoms with E-state index in [4.69, 9.17) is 0 Å². The molecule has 0 unspecified atom stereocenters. The lowest BCUT2D eigenvalue weighted by Gasteiger charge is -2.38. The van der Waals surface area contributed by atoms with E-state index in [1.165, 1.54) is 18.4 Å². The molecule has 1 aromatic heterocycles. The highest BCUT2D eigenvalue weighted by molar-refractivity contribution is 5.92. The van der Waals surface area contributed by atoms with Gasteiger partial charge in [0.25, 0.3) is 0 Å². The number of carbonyl (C=O) groups excluding carboxylic acids is 1. The van der Waals surface area contributed by atoms with Gasteiger partial charge < -0.3 is 4.90 Å². The molecule has 1 fully saturated rings. The molecule has 0 radical (unpaired) electrons. The molecule has 1 saturated heterocycles. The summed E-state index contributed by atoms with van der Waals surface area (Å²) in [4.78, 5) is 21.4. The van der Waals surface area contributed by atoms with E-state index in [0.717, 1.165) is 44.7 Å². The number of amides is 1. The molecule has 1 aromatic carbocycles. The van der Waals surface area contributed by atoms with Crippen LogP contribution in [0, 0.1) is 0 Å². The first-order chi connectivity index (χ1) is 13.3. The van der Waals surface area contributed by atoms with Crippen molar-refractivity contribution in [3.63, 3.8) is 0 Å². The van der Waals surface area contributed by atoms with E-state index in [0.29, 0.717) is 6.42 Å². The number of carbonyl (C=O) groups is 1. The summed E-state index contributed by atoms with van der Waals surface area (Å²) in [5, 5.41) is 0. The molecule has 4 heteroatoms. The maximum Gasteiger partial charge on any atom is 0.228 e. The van der Waals surface area contributed by atoms with Gasteiger partial charge in [-0.25, -0.2) is 4.98 Å². The monoisotopic (exact) mass is 365 g/mol. The number of pyridine rings is 1. The fraction of sp³-hybridized carbons (Fsp3) is 0.478. The van der Waals surface area contributed by atoms with Crippen LogP contribution >= 0.6 is 0 Å². The fourth-order valence-corrected chi connectivity index (χ4v) is 3.90. The highest BCUT2D eigenvalue weighted by atomic mass is 16.2. The Bertz CT molecular complexity index is 681. The molecule has 2 heterocycles. The first kappa shape index (κ1) is 19.6. The molecule has 0 saturated carbocycles.